The standard InChI is InChI=1S/C23H18F5N3O2.C23H21F2N3O2.C23H22IN3O2.C22H21N3O2/c1-11(2)7-15-23(29-9-16(30-15)13-5-3-12(10-32)4-6-13)31-17(33)8-14-18(24)20(26)22(28)21(27)19(14)25;1-14(2)9-20-23(28-22(30)11-16-5-8-18(24)19(25)10-16)26-12-21(27-20)17-6-3-15(13-29)4-7-17;1-15(2)11-20-23(27-22(29)12-16-5-9-19(24)10-6-16)25-13-21(26-20)18-7-3-17(14-28)4-8-18;1-15(2)12-19-21(25-22(27)18-6-4-3-5-7-18)23-13-20(24-19)17-10-8-16(14-26)9-11-17/h3-7,9,32H,8,10H2,1-2H3,(H,29,31,33);3-10,12,29H,11,13H2,1-2H3,(H,26,28,30);3-11,13,28H,12,14H2,1-2H3,(H,25,27,29);3-13,26H,14H2,1-2H3,(H,23,25,27). The van der Waals surface area contributed by atoms with Gasteiger partial charge in [0.1, 0.15) is 22.8 Å². The van der Waals surface area contributed by atoms with E-state index in [9.17, 15) is 65.2 Å². The van der Waals surface area contributed by atoms with Crippen molar-refractivity contribution in [2.24, 2.45) is 0 Å². The van der Waals surface area contributed by atoms with Crippen molar-refractivity contribution in [3.8, 4) is 45.0 Å². The summed E-state index contributed by atoms with van der Waals surface area (Å²) < 4.78 is 95.4. The zero-order valence-corrected chi connectivity index (χ0v) is 67.9. The van der Waals surface area contributed by atoms with E-state index in [4.69, 9.17) is 10.1 Å². The summed E-state index contributed by atoms with van der Waals surface area (Å²) in [4.78, 5) is 85.5. The number of carbonyl (C=O) groups is 4. The average Bonchev–Trinajstić information content (AvgIpc) is 0.794. The van der Waals surface area contributed by atoms with Crippen LogP contribution in [0, 0.1) is 44.3 Å². The summed E-state index contributed by atoms with van der Waals surface area (Å²) >= 11 is 2.24. The fourth-order valence-corrected chi connectivity index (χ4v) is 11.4. The van der Waals surface area contributed by atoms with Gasteiger partial charge in [0.25, 0.3) is 5.91 Å². The van der Waals surface area contributed by atoms with E-state index in [0.29, 0.717) is 73.7 Å². The second kappa shape index (κ2) is 43.3. The fourth-order valence-electron chi connectivity index (χ4n) is 11.1. The molecule has 0 saturated carbocycles. The molecule has 28 heteroatoms. The Labute approximate surface area is 695 Å². The molecule has 0 saturated heterocycles. The first-order valence-corrected chi connectivity index (χ1v) is 37.9. The van der Waals surface area contributed by atoms with Gasteiger partial charge in [-0.15, -0.1) is 0 Å². The molecule has 4 amide bonds. The number of hydrogen-bond acceptors (Lipinski definition) is 16. The molecule has 0 fully saturated rings. The number of aliphatic hydroxyl groups is 4. The zero-order chi connectivity index (χ0) is 86.0. The van der Waals surface area contributed by atoms with E-state index in [-0.39, 0.29) is 68.4 Å². The number of aliphatic hydroxyl groups excluding tert-OH is 4. The highest BCUT2D eigenvalue weighted by Crippen LogP contribution is 2.30. The summed E-state index contributed by atoms with van der Waals surface area (Å²) in [5.74, 6) is -13.4. The molecule has 0 atom stereocenters. The predicted octanol–water partition coefficient (Wildman–Crippen LogP) is 18.6. The van der Waals surface area contributed by atoms with Gasteiger partial charge in [0.05, 0.1) is 93.3 Å². The van der Waals surface area contributed by atoms with Crippen molar-refractivity contribution < 1.29 is 70.3 Å². The molecule has 119 heavy (non-hydrogen) atoms. The van der Waals surface area contributed by atoms with E-state index in [1.165, 1.54) is 12.3 Å². The lowest BCUT2D eigenvalue weighted by atomic mass is 10.1. The van der Waals surface area contributed by atoms with Crippen molar-refractivity contribution in [1.82, 2.24) is 39.9 Å². The fraction of sp³-hybridized carbons (Fsp3) is 0.165. The molecule has 12 rings (SSSR count). The molecule has 0 spiro atoms. The average molecular weight is 1730 g/mol. The molecule has 0 unspecified atom stereocenters. The van der Waals surface area contributed by atoms with Gasteiger partial charge in [-0.3, -0.25) is 19.2 Å². The number of allylic oxidation sites excluding steroid dienone is 4. The van der Waals surface area contributed by atoms with Crippen molar-refractivity contribution >= 4 is 93.8 Å². The highest BCUT2D eigenvalue weighted by atomic mass is 127. The normalized spacial score (nSPS) is 10.6. The second-order valence-corrected chi connectivity index (χ2v) is 28.9. The SMILES string of the molecule is CC(C)=Cc1nc(-c2ccc(CO)cc2)cnc1NC(=O)Cc1c(F)c(F)c(F)c(F)c1F.CC(C)=Cc1nc(-c2ccc(CO)cc2)cnc1NC(=O)Cc1ccc(F)c(F)c1.CC(C)=Cc1nc(-c2ccc(CO)cc2)cnc1NC(=O)Cc1ccc(I)cc1.CC(C)=Cc1nc(-c2ccc(CO)cc2)cnc1NC(=O)c1ccccc1. The smallest absolute Gasteiger partial charge is 0.256 e. The van der Waals surface area contributed by atoms with Gasteiger partial charge >= 0.3 is 0 Å². The van der Waals surface area contributed by atoms with Gasteiger partial charge < -0.3 is 41.7 Å². The first-order valence-electron chi connectivity index (χ1n) is 36.8. The van der Waals surface area contributed by atoms with Crippen LogP contribution in [-0.2, 0) is 60.1 Å². The number of amides is 4. The Morgan fingerprint density at radius 2 is 0.622 bits per heavy atom. The topological polar surface area (TPSA) is 300 Å². The molecule has 0 radical (unpaired) electrons. The number of benzene rings is 8. The van der Waals surface area contributed by atoms with Gasteiger partial charge in [0, 0.05) is 37.0 Å². The van der Waals surface area contributed by atoms with E-state index in [1.807, 2.05) is 157 Å². The molecule has 0 aliphatic carbocycles. The number of carbonyl (C=O) groups excluding carboxylic acids is 4. The Bertz CT molecular complexity index is 5700. The van der Waals surface area contributed by atoms with Crippen LogP contribution in [0.15, 0.2) is 217 Å². The molecule has 4 aromatic heterocycles. The van der Waals surface area contributed by atoms with E-state index < -0.39 is 64.5 Å². The molecule has 8 aromatic carbocycles. The summed E-state index contributed by atoms with van der Waals surface area (Å²) in [6.07, 6.45) is 12.4. The van der Waals surface area contributed by atoms with Crippen molar-refractivity contribution in [1.29, 1.82) is 0 Å². The number of anilines is 4. The minimum atomic E-state index is -2.30. The van der Waals surface area contributed by atoms with Crippen LogP contribution in [0.4, 0.5) is 54.0 Å². The van der Waals surface area contributed by atoms with Crippen molar-refractivity contribution in [2.75, 3.05) is 21.3 Å². The van der Waals surface area contributed by atoms with Gasteiger partial charge in [0.2, 0.25) is 23.5 Å². The van der Waals surface area contributed by atoms with Crippen LogP contribution in [0.25, 0.3) is 69.3 Å². The number of hydrogen-bond donors (Lipinski definition) is 8. The summed E-state index contributed by atoms with van der Waals surface area (Å²) in [7, 11) is 0. The zero-order valence-electron chi connectivity index (χ0n) is 65.8. The van der Waals surface area contributed by atoms with Gasteiger partial charge in [-0.2, -0.15) is 0 Å². The molecule has 4 heterocycles. The van der Waals surface area contributed by atoms with Gasteiger partial charge in [0.15, 0.2) is 58.2 Å². The molecule has 0 bridgehead atoms. The number of nitrogens with one attached hydrogen (secondary N) is 4. The third-order valence-electron chi connectivity index (χ3n) is 16.9. The molecule has 610 valence electrons. The summed E-state index contributed by atoms with van der Waals surface area (Å²) in [5.41, 5.74) is 15.3. The minimum absolute atomic E-state index is 0.000505. The Morgan fingerprint density at radius 1 is 0.336 bits per heavy atom. The number of nitrogens with zero attached hydrogens (tertiary/aromatic N) is 8. The van der Waals surface area contributed by atoms with Crippen LogP contribution in [0.3, 0.4) is 0 Å². The molecule has 0 aliphatic heterocycles. The number of aromatic nitrogens is 8. The maximum absolute atomic E-state index is 13.9. The summed E-state index contributed by atoms with van der Waals surface area (Å²) in [6, 6.07) is 49.3. The maximum Gasteiger partial charge on any atom is 0.256 e. The second-order valence-electron chi connectivity index (χ2n) is 27.7. The van der Waals surface area contributed by atoms with Crippen LogP contribution >= 0.6 is 22.6 Å². The van der Waals surface area contributed by atoms with Gasteiger partial charge in [-0.25, -0.2) is 70.6 Å². The monoisotopic (exact) mass is 1730 g/mol. The molecule has 20 nitrogen and oxygen atoms in total. The molecule has 8 N–H and O–H groups in total. The van der Waals surface area contributed by atoms with Crippen molar-refractivity contribution in [3.05, 3.63) is 329 Å². The van der Waals surface area contributed by atoms with E-state index in [2.05, 4.69) is 78.7 Å². The maximum atomic E-state index is 13.9. The third-order valence-corrected chi connectivity index (χ3v) is 17.7. The van der Waals surface area contributed by atoms with Gasteiger partial charge in [-0.05, 0) is 172 Å². The van der Waals surface area contributed by atoms with E-state index >= 15 is 0 Å². The van der Waals surface area contributed by atoms with Crippen LogP contribution in [0.5, 0.6) is 0 Å². The van der Waals surface area contributed by atoms with Gasteiger partial charge in [-0.1, -0.05) is 156 Å². The molecular weight excluding hydrogens is 1650 g/mol. The Hall–Kier alpha value is -13.0. The van der Waals surface area contributed by atoms with Crippen LogP contribution in [-0.4, -0.2) is 83.9 Å². The van der Waals surface area contributed by atoms with Crippen LogP contribution in [0.2, 0.25) is 0 Å². The number of rotatable bonds is 23. The Morgan fingerprint density at radius 3 is 0.933 bits per heavy atom. The lowest BCUT2D eigenvalue weighted by Gasteiger charge is -2.11. The first-order chi connectivity index (χ1) is 57.0. The van der Waals surface area contributed by atoms with Crippen LogP contribution < -0.4 is 21.3 Å². The molecule has 0 aliphatic rings. The third kappa shape index (κ3) is 26.2. The van der Waals surface area contributed by atoms with E-state index in [0.717, 1.165) is 76.9 Å². The largest absolute Gasteiger partial charge is 0.392 e. The summed E-state index contributed by atoms with van der Waals surface area (Å²) in [6.45, 7) is 15.1. The van der Waals surface area contributed by atoms with Crippen molar-refractivity contribution in [2.45, 2.75) is 101 Å². The lowest BCUT2D eigenvalue weighted by molar-refractivity contribution is -0.116. The highest BCUT2D eigenvalue weighted by Gasteiger charge is 2.28. The quantitative estimate of drug-likeness (QED) is 0.0128. The summed E-state index contributed by atoms with van der Waals surface area (Å²) in [5, 5.41) is 47.5. The Kier molecular flexibility index (Phi) is 32.7. The minimum Gasteiger partial charge on any atom is -0.392 e. The van der Waals surface area contributed by atoms with E-state index in [1.54, 1.807) is 93.1 Å². The Balaban J connectivity index is 0.000000181. The highest BCUT2D eigenvalue weighted by molar-refractivity contribution is 14.1. The lowest BCUT2D eigenvalue weighted by Crippen LogP contribution is -2.20. The predicted molar refractivity (Wildman–Crippen MR) is 454 cm³/mol. The van der Waals surface area contributed by atoms with Crippen molar-refractivity contribution in [3.63, 3.8) is 0 Å². The first kappa shape index (κ1) is 89.9. The number of halogens is 8. The molecule has 12 aromatic rings. The van der Waals surface area contributed by atoms with Crippen LogP contribution in [0.1, 0.15) is 127 Å². The molecular formula is C91H82F7IN12O8.